The zero-order chi connectivity index (χ0) is 12.0. The number of carboxylic acids is 1. The molecule has 0 aliphatic heterocycles. The number of aliphatic hydroxyl groups is 1. The molecule has 0 amide bonds. The molecule has 5 nitrogen and oxygen atoms in total. The third kappa shape index (κ3) is 3.62. The number of hydrogen-bond donors (Lipinski definition) is 2. The van der Waals surface area contributed by atoms with Gasteiger partial charge in [0.2, 0.25) is 0 Å². The first-order valence-corrected chi connectivity index (χ1v) is 4.88. The van der Waals surface area contributed by atoms with Gasteiger partial charge >= 0.3 is 5.97 Å². The van der Waals surface area contributed by atoms with Gasteiger partial charge < -0.3 is 10.2 Å². The minimum atomic E-state index is -1.11. The van der Waals surface area contributed by atoms with Crippen LogP contribution in [0.25, 0.3) is 0 Å². The van der Waals surface area contributed by atoms with Crippen molar-refractivity contribution in [3.63, 3.8) is 0 Å². The van der Waals surface area contributed by atoms with Gasteiger partial charge in [-0.05, 0) is 5.56 Å². The summed E-state index contributed by atoms with van der Waals surface area (Å²) in [6, 6.07) is 8.36. The molecule has 16 heavy (non-hydrogen) atoms. The third-order valence-corrected chi connectivity index (χ3v) is 2.17. The van der Waals surface area contributed by atoms with Crippen LogP contribution in [0.1, 0.15) is 5.56 Å². The maximum atomic E-state index is 10.7. The van der Waals surface area contributed by atoms with Crippen LogP contribution in [0.4, 0.5) is 0 Å². The lowest BCUT2D eigenvalue weighted by Gasteiger charge is -2.22. The van der Waals surface area contributed by atoms with Crippen molar-refractivity contribution >= 4 is 5.97 Å². The topological polar surface area (TPSA) is 70.0 Å². The van der Waals surface area contributed by atoms with E-state index in [1.165, 1.54) is 7.05 Å². The van der Waals surface area contributed by atoms with E-state index in [1.54, 1.807) is 0 Å². The van der Waals surface area contributed by atoms with Gasteiger partial charge in [0, 0.05) is 7.05 Å². The molecule has 0 aromatic heterocycles. The number of carbonyl (C=O) groups is 1. The molecule has 1 rings (SSSR count). The Bertz CT molecular complexity index is 328. The van der Waals surface area contributed by atoms with Crippen molar-refractivity contribution in [3.05, 3.63) is 35.9 Å². The summed E-state index contributed by atoms with van der Waals surface area (Å²) < 4.78 is 0. The van der Waals surface area contributed by atoms with Crippen LogP contribution in [0, 0.1) is 0 Å². The second-order valence-electron chi connectivity index (χ2n) is 3.34. The van der Waals surface area contributed by atoms with Crippen LogP contribution < -0.4 is 0 Å². The molecule has 2 N–H and O–H groups in total. The second-order valence-corrected chi connectivity index (χ2v) is 3.34. The Morgan fingerprint density at radius 2 is 2.06 bits per heavy atom. The van der Waals surface area contributed by atoms with Crippen molar-refractivity contribution in [2.45, 2.75) is 12.6 Å². The molecule has 0 radical (unpaired) electrons. The number of nitrogens with zero attached hydrogens (tertiary/aromatic N) is 1. The highest BCUT2D eigenvalue weighted by atomic mass is 16.7. The maximum absolute atomic E-state index is 10.7. The van der Waals surface area contributed by atoms with E-state index in [0.717, 1.165) is 10.6 Å². The van der Waals surface area contributed by atoms with Crippen LogP contribution in [0.2, 0.25) is 0 Å². The van der Waals surface area contributed by atoms with E-state index < -0.39 is 18.6 Å². The standard InChI is InChI=1S/C11H15NO4/c1-12(10(7-13)11(14)15)16-8-9-5-3-2-4-6-9/h2-6,10,13H,7-8H2,1H3,(H,14,15)/t10-/m0/s1. The predicted molar refractivity (Wildman–Crippen MR) is 57.5 cm³/mol. The summed E-state index contributed by atoms with van der Waals surface area (Å²) in [7, 11) is 1.48. The summed E-state index contributed by atoms with van der Waals surface area (Å²) in [4.78, 5) is 15.9. The highest BCUT2D eigenvalue weighted by molar-refractivity contribution is 5.73. The number of rotatable bonds is 6. The smallest absolute Gasteiger partial charge is 0.325 e. The molecular weight excluding hydrogens is 210 g/mol. The van der Waals surface area contributed by atoms with Gasteiger partial charge in [0.15, 0.2) is 6.04 Å². The first kappa shape index (κ1) is 12.6. The third-order valence-electron chi connectivity index (χ3n) is 2.17. The van der Waals surface area contributed by atoms with Gasteiger partial charge in [-0.3, -0.25) is 9.63 Å². The Hall–Kier alpha value is -1.43. The Kier molecular flexibility index (Phi) is 4.91. The monoisotopic (exact) mass is 225 g/mol. The number of aliphatic carboxylic acids is 1. The van der Waals surface area contributed by atoms with Gasteiger partial charge in [0.05, 0.1) is 13.2 Å². The summed E-state index contributed by atoms with van der Waals surface area (Å²) >= 11 is 0. The number of aliphatic hydroxyl groups excluding tert-OH is 1. The molecule has 0 saturated heterocycles. The van der Waals surface area contributed by atoms with Gasteiger partial charge in [-0.25, -0.2) is 0 Å². The van der Waals surface area contributed by atoms with Crippen LogP contribution in [0.15, 0.2) is 30.3 Å². The molecular formula is C11H15NO4. The van der Waals surface area contributed by atoms with Crippen LogP contribution >= 0.6 is 0 Å². The minimum absolute atomic E-state index is 0.279. The molecule has 0 unspecified atom stereocenters. The van der Waals surface area contributed by atoms with Crippen LogP contribution in [0.3, 0.4) is 0 Å². The first-order chi connectivity index (χ1) is 7.65. The van der Waals surface area contributed by atoms with Crippen molar-refractivity contribution in [2.24, 2.45) is 0 Å². The quantitative estimate of drug-likeness (QED) is 0.690. The van der Waals surface area contributed by atoms with E-state index >= 15 is 0 Å². The average molecular weight is 225 g/mol. The zero-order valence-corrected chi connectivity index (χ0v) is 9.04. The fourth-order valence-corrected chi connectivity index (χ4v) is 1.19. The van der Waals surface area contributed by atoms with Gasteiger partial charge in [0.25, 0.3) is 0 Å². The molecule has 1 atom stereocenters. The van der Waals surface area contributed by atoms with Crippen LogP contribution in [0.5, 0.6) is 0 Å². The molecule has 0 saturated carbocycles. The van der Waals surface area contributed by atoms with Gasteiger partial charge in [-0.15, -0.1) is 0 Å². The minimum Gasteiger partial charge on any atom is -0.480 e. The maximum Gasteiger partial charge on any atom is 0.325 e. The number of benzene rings is 1. The summed E-state index contributed by atoms with van der Waals surface area (Å²) in [5.41, 5.74) is 0.941. The summed E-state index contributed by atoms with van der Waals surface area (Å²) in [5.74, 6) is -1.11. The van der Waals surface area contributed by atoms with Crippen molar-refractivity contribution < 1.29 is 19.8 Å². The molecule has 5 heteroatoms. The first-order valence-electron chi connectivity index (χ1n) is 4.88. The van der Waals surface area contributed by atoms with E-state index in [4.69, 9.17) is 15.1 Å². The number of hydrogen-bond acceptors (Lipinski definition) is 4. The largest absolute Gasteiger partial charge is 0.480 e. The normalized spacial score (nSPS) is 12.7. The summed E-state index contributed by atoms with van der Waals surface area (Å²) in [6.07, 6.45) is 0. The molecule has 0 fully saturated rings. The SMILES string of the molecule is CN(OCc1ccccc1)[C@@H](CO)C(=O)O. The van der Waals surface area contributed by atoms with Crippen LogP contribution in [-0.2, 0) is 16.2 Å². The van der Waals surface area contributed by atoms with E-state index in [0.29, 0.717) is 0 Å². The summed E-state index contributed by atoms with van der Waals surface area (Å²) in [6.45, 7) is -0.207. The average Bonchev–Trinajstić information content (AvgIpc) is 2.28. The fourth-order valence-electron chi connectivity index (χ4n) is 1.19. The molecule has 0 bridgehead atoms. The highest BCUT2D eigenvalue weighted by Gasteiger charge is 2.22. The Labute approximate surface area is 93.8 Å². The molecule has 1 aromatic carbocycles. The predicted octanol–water partition coefficient (Wildman–Crippen LogP) is 0.496. The van der Waals surface area contributed by atoms with Crippen LogP contribution in [-0.4, -0.2) is 40.9 Å². The Morgan fingerprint density at radius 3 is 2.56 bits per heavy atom. The van der Waals surface area contributed by atoms with Crippen molar-refractivity contribution in [1.29, 1.82) is 0 Å². The molecule has 1 aromatic rings. The van der Waals surface area contributed by atoms with Gasteiger partial charge in [0.1, 0.15) is 0 Å². The lowest BCUT2D eigenvalue weighted by atomic mass is 10.2. The highest BCUT2D eigenvalue weighted by Crippen LogP contribution is 2.04. The summed E-state index contributed by atoms with van der Waals surface area (Å²) in [5, 5.41) is 18.8. The van der Waals surface area contributed by atoms with Gasteiger partial charge in [-0.1, -0.05) is 30.3 Å². The molecule has 0 aliphatic rings. The molecule has 0 heterocycles. The van der Waals surface area contributed by atoms with Crippen molar-refractivity contribution in [3.8, 4) is 0 Å². The lowest BCUT2D eigenvalue weighted by molar-refractivity contribution is -0.198. The van der Waals surface area contributed by atoms with E-state index in [1.807, 2.05) is 30.3 Å². The van der Waals surface area contributed by atoms with Gasteiger partial charge in [-0.2, -0.15) is 5.06 Å². The number of carboxylic acid groups (broad SMARTS) is 1. The van der Waals surface area contributed by atoms with E-state index in [-0.39, 0.29) is 6.61 Å². The van der Waals surface area contributed by atoms with E-state index in [9.17, 15) is 4.79 Å². The molecule has 0 spiro atoms. The van der Waals surface area contributed by atoms with Crippen molar-refractivity contribution in [1.82, 2.24) is 5.06 Å². The molecule has 0 aliphatic carbocycles. The lowest BCUT2D eigenvalue weighted by Crippen LogP contribution is -2.41. The molecule has 88 valence electrons. The Balaban J connectivity index is 2.46. The zero-order valence-electron chi connectivity index (χ0n) is 9.04. The second kappa shape index (κ2) is 6.22. The Morgan fingerprint density at radius 1 is 1.44 bits per heavy atom. The van der Waals surface area contributed by atoms with Crippen molar-refractivity contribution in [2.75, 3.05) is 13.7 Å². The number of hydroxylamine groups is 2. The number of likely N-dealkylation sites (N-methyl/N-ethyl adjacent to an activating group) is 1. The van der Waals surface area contributed by atoms with E-state index in [2.05, 4.69) is 0 Å². The fraction of sp³-hybridized carbons (Fsp3) is 0.364.